The summed E-state index contributed by atoms with van der Waals surface area (Å²) >= 11 is 0. The van der Waals surface area contributed by atoms with Gasteiger partial charge in [-0.15, -0.1) is 12.4 Å². The molecule has 1 unspecified atom stereocenters. The van der Waals surface area contributed by atoms with E-state index in [4.69, 9.17) is 4.42 Å². The van der Waals surface area contributed by atoms with Crippen LogP contribution in [0.25, 0.3) is 11.5 Å². The van der Waals surface area contributed by atoms with Gasteiger partial charge in [-0.3, -0.25) is 4.79 Å². The van der Waals surface area contributed by atoms with Crippen LogP contribution in [-0.2, 0) is 4.79 Å². The molecule has 1 amide bonds. The Kier molecular flexibility index (Phi) is 5.80. The number of hydrogen-bond donors (Lipinski definition) is 2. The summed E-state index contributed by atoms with van der Waals surface area (Å²) in [5.74, 6) is 0.619. The van der Waals surface area contributed by atoms with E-state index in [-0.39, 0.29) is 18.3 Å². The Morgan fingerprint density at radius 1 is 1.43 bits per heavy atom. The highest BCUT2D eigenvalue weighted by molar-refractivity contribution is 5.92. The molecule has 1 atom stereocenters. The first-order valence-electron chi connectivity index (χ1n) is 7.68. The van der Waals surface area contributed by atoms with Crippen molar-refractivity contribution in [2.75, 3.05) is 11.9 Å². The number of nitrogens with one attached hydrogen (secondary N) is 2. The zero-order valence-corrected chi connectivity index (χ0v) is 14.2. The van der Waals surface area contributed by atoms with Crippen molar-refractivity contribution in [1.29, 1.82) is 0 Å². The quantitative estimate of drug-likeness (QED) is 0.898. The Morgan fingerprint density at radius 3 is 2.91 bits per heavy atom. The highest BCUT2D eigenvalue weighted by Crippen LogP contribution is 2.25. The van der Waals surface area contributed by atoms with Crippen LogP contribution in [0, 0.1) is 13.8 Å². The minimum absolute atomic E-state index is 0. The van der Waals surface area contributed by atoms with E-state index in [1.807, 2.05) is 32.0 Å². The number of rotatable bonds is 4. The standard InChI is InChI=1S/C17H21N3O2.ClH/c1-11-5-6-13(17-19-12(2)10-22-17)8-15(11)20-16(21)9-14-4-3-7-18-14;/h5-6,8,10,14,18H,3-4,7,9H2,1-2H3,(H,20,21);1H. The SMILES string of the molecule is Cc1coc(-c2ccc(C)c(NC(=O)CC3CCCN3)c2)n1.Cl. The molecule has 6 heteroatoms. The summed E-state index contributed by atoms with van der Waals surface area (Å²) in [5, 5.41) is 6.35. The second kappa shape index (κ2) is 7.62. The van der Waals surface area contributed by atoms with E-state index in [1.54, 1.807) is 6.26 Å². The van der Waals surface area contributed by atoms with Crippen molar-refractivity contribution in [1.82, 2.24) is 10.3 Å². The molecule has 23 heavy (non-hydrogen) atoms. The Morgan fingerprint density at radius 2 is 2.26 bits per heavy atom. The van der Waals surface area contributed by atoms with Crippen molar-refractivity contribution in [3.63, 3.8) is 0 Å². The minimum Gasteiger partial charge on any atom is -0.444 e. The van der Waals surface area contributed by atoms with Gasteiger partial charge in [-0.05, 0) is 50.9 Å². The number of oxazole rings is 1. The first kappa shape index (κ1) is 17.5. The first-order valence-corrected chi connectivity index (χ1v) is 7.68. The molecule has 2 heterocycles. The van der Waals surface area contributed by atoms with Gasteiger partial charge in [0, 0.05) is 23.7 Å². The number of nitrogens with zero attached hydrogens (tertiary/aromatic N) is 1. The Balaban J connectivity index is 0.00000192. The van der Waals surface area contributed by atoms with Crippen LogP contribution in [0.3, 0.4) is 0 Å². The van der Waals surface area contributed by atoms with Gasteiger partial charge in [0.15, 0.2) is 0 Å². The van der Waals surface area contributed by atoms with E-state index in [9.17, 15) is 4.79 Å². The number of aryl methyl sites for hydroxylation is 2. The predicted octanol–water partition coefficient (Wildman–Crippen LogP) is 3.46. The number of hydrogen-bond acceptors (Lipinski definition) is 4. The summed E-state index contributed by atoms with van der Waals surface area (Å²) in [5.41, 5.74) is 3.55. The number of carbonyl (C=O) groups is 1. The van der Waals surface area contributed by atoms with E-state index < -0.39 is 0 Å². The third-order valence-electron chi connectivity index (χ3n) is 3.97. The highest BCUT2D eigenvalue weighted by Gasteiger charge is 2.18. The topological polar surface area (TPSA) is 67.2 Å². The fourth-order valence-corrected chi connectivity index (χ4v) is 2.73. The molecule has 5 nitrogen and oxygen atoms in total. The largest absolute Gasteiger partial charge is 0.444 e. The third-order valence-corrected chi connectivity index (χ3v) is 3.97. The number of amides is 1. The summed E-state index contributed by atoms with van der Waals surface area (Å²) in [6.45, 7) is 4.88. The van der Waals surface area contributed by atoms with E-state index in [0.29, 0.717) is 18.4 Å². The van der Waals surface area contributed by atoms with Gasteiger partial charge in [-0.25, -0.2) is 4.98 Å². The highest BCUT2D eigenvalue weighted by atomic mass is 35.5. The van der Waals surface area contributed by atoms with Gasteiger partial charge in [-0.1, -0.05) is 6.07 Å². The van der Waals surface area contributed by atoms with Crippen molar-refractivity contribution in [2.24, 2.45) is 0 Å². The molecule has 124 valence electrons. The molecule has 2 aromatic rings. The molecular formula is C17H22ClN3O2. The van der Waals surface area contributed by atoms with E-state index in [1.165, 1.54) is 0 Å². The molecule has 1 aliphatic heterocycles. The van der Waals surface area contributed by atoms with Crippen molar-refractivity contribution < 1.29 is 9.21 Å². The van der Waals surface area contributed by atoms with Gasteiger partial charge in [0.2, 0.25) is 11.8 Å². The molecule has 3 rings (SSSR count). The molecule has 1 aromatic carbocycles. The number of carbonyl (C=O) groups excluding carboxylic acids is 1. The lowest BCUT2D eigenvalue weighted by molar-refractivity contribution is -0.116. The summed E-state index contributed by atoms with van der Waals surface area (Å²) in [6.07, 6.45) is 4.36. The Hall–Kier alpha value is -1.85. The maximum Gasteiger partial charge on any atom is 0.226 e. The molecular weight excluding hydrogens is 314 g/mol. The Bertz CT molecular complexity index is 678. The molecule has 0 radical (unpaired) electrons. The molecule has 1 aromatic heterocycles. The van der Waals surface area contributed by atoms with Gasteiger partial charge >= 0.3 is 0 Å². The maximum absolute atomic E-state index is 12.2. The van der Waals surface area contributed by atoms with E-state index in [2.05, 4.69) is 15.6 Å². The van der Waals surface area contributed by atoms with Crippen molar-refractivity contribution in [2.45, 2.75) is 39.2 Å². The second-order valence-corrected chi connectivity index (χ2v) is 5.87. The molecule has 0 aliphatic carbocycles. The molecule has 1 saturated heterocycles. The zero-order valence-electron chi connectivity index (χ0n) is 13.4. The fourth-order valence-electron chi connectivity index (χ4n) is 2.73. The van der Waals surface area contributed by atoms with Gasteiger partial charge in [0.05, 0.1) is 5.69 Å². The summed E-state index contributed by atoms with van der Waals surface area (Å²) in [6, 6.07) is 6.14. The van der Waals surface area contributed by atoms with Crippen LogP contribution >= 0.6 is 12.4 Å². The lowest BCUT2D eigenvalue weighted by atomic mass is 10.1. The van der Waals surface area contributed by atoms with Crippen LogP contribution in [0.1, 0.15) is 30.5 Å². The smallest absolute Gasteiger partial charge is 0.226 e. The van der Waals surface area contributed by atoms with Crippen molar-refractivity contribution in [3.05, 3.63) is 35.7 Å². The molecule has 2 N–H and O–H groups in total. The summed E-state index contributed by atoms with van der Waals surface area (Å²) in [7, 11) is 0. The van der Waals surface area contributed by atoms with Crippen LogP contribution in [0.5, 0.6) is 0 Å². The number of benzene rings is 1. The van der Waals surface area contributed by atoms with Crippen LogP contribution in [-0.4, -0.2) is 23.5 Å². The van der Waals surface area contributed by atoms with Crippen LogP contribution in [0.2, 0.25) is 0 Å². The summed E-state index contributed by atoms with van der Waals surface area (Å²) in [4.78, 5) is 16.5. The number of halogens is 1. The average Bonchev–Trinajstić information content (AvgIpc) is 3.13. The lowest BCUT2D eigenvalue weighted by Gasteiger charge is -2.12. The zero-order chi connectivity index (χ0) is 15.5. The first-order chi connectivity index (χ1) is 10.6. The molecule has 0 saturated carbocycles. The molecule has 1 fully saturated rings. The normalized spacial score (nSPS) is 16.9. The van der Waals surface area contributed by atoms with Crippen LogP contribution < -0.4 is 10.6 Å². The van der Waals surface area contributed by atoms with Gasteiger partial charge < -0.3 is 15.1 Å². The number of aromatic nitrogens is 1. The van der Waals surface area contributed by atoms with Gasteiger partial charge in [-0.2, -0.15) is 0 Å². The lowest BCUT2D eigenvalue weighted by Crippen LogP contribution is -2.27. The van der Waals surface area contributed by atoms with Crippen molar-refractivity contribution in [3.8, 4) is 11.5 Å². The average molecular weight is 336 g/mol. The Labute approximate surface area is 142 Å². The van der Waals surface area contributed by atoms with Gasteiger partial charge in [0.1, 0.15) is 6.26 Å². The van der Waals surface area contributed by atoms with Crippen LogP contribution in [0.15, 0.2) is 28.9 Å². The van der Waals surface area contributed by atoms with Crippen LogP contribution in [0.4, 0.5) is 5.69 Å². The molecule has 1 aliphatic rings. The van der Waals surface area contributed by atoms with Gasteiger partial charge in [0.25, 0.3) is 0 Å². The summed E-state index contributed by atoms with van der Waals surface area (Å²) < 4.78 is 5.42. The van der Waals surface area contributed by atoms with E-state index in [0.717, 1.165) is 41.9 Å². The molecule has 0 spiro atoms. The fraction of sp³-hybridized carbons (Fsp3) is 0.412. The molecule has 0 bridgehead atoms. The predicted molar refractivity (Wildman–Crippen MR) is 92.9 cm³/mol. The number of anilines is 1. The minimum atomic E-state index is 0. The maximum atomic E-state index is 12.2. The van der Waals surface area contributed by atoms with E-state index >= 15 is 0 Å². The monoisotopic (exact) mass is 335 g/mol. The van der Waals surface area contributed by atoms with Crippen molar-refractivity contribution >= 4 is 24.0 Å². The third kappa shape index (κ3) is 4.33. The second-order valence-electron chi connectivity index (χ2n) is 5.87.